The number of aryl methyl sites for hydroxylation is 1. The minimum atomic E-state index is -1.07. The van der Waals surface area contributed by atoms with Gasteiger partial charge >= 0.3 is 5.97 Å². The molecule has 1 saturated carbocycles. The number of fused-ring (bicyclic) bond motifs is 1. The lowest BCUT2D eigenvalue weighted by atomic mass is 9.81. The zero-order valence-corrected chi connectivity index (χ0v) is 13.4. The monoisotopic (exact) mass is 333 g/mol. The Hall–Kier alpha value is -2.38. The number of carbonyl (C=O) groups is 3. The Balaban J connectivity index is 1.55. The molecule has 1 aromatic heterocycles. The number of oxazole rings is 1. The molecule has 2 amide bonds. The van der Waals surface area contributed by atoms with Crippen LogP contribution in [0.15, 0.2) is 10.8 Å². The smallest absolute Gasteiger partial charge is 0.313 e. The first-order chi connectivity index (χ1) is 11.4. The fourth-order valence-electron chi connectivity index (χ4n) is 3.94. The van der Waals surface area contributed by atoms with Crippen LogP contribution in [0.2, 0.25) is 0 Å². The SMILES string of the molecule is Cc1ocnc1C(=O)N1C[C@H]2CN(C(=O)C3CC3)C[C@@]2(C(=O)O)C1. The minimum Gasteiger partial charge on any atom is -0.481 e. The van der Waals surface area contributed by atoms with Crippen molar-refractivity contribution in [1.82, 2.24) is 14.8 Å². The van der Waals surface area contributed by atoms with Crippen LogP contribution in [0.5, 0.6) is 0 Å². The van der Waals surface area contributed by atoms with Crippen LogP contribution in [-0.2, 0) is 9.59 Å². The second-order valence-corrected chi connectivity index (χ2v) is 7.09. The van der Waals surface area contributed by atoms with Crippen LogP contribution in [0.3, 0.4) is 0 Å². The number of aliphatic carboxylic acids is 1. The molecule has 1 aromatic rings. The molecule has 24 heavy (non-hydrogen) atoms. The largest absolute Gasteiger partial charge is 0.481 e. The van der Waals surface area contributed by atoms with Crippen LogP contribution in [-0.4, -0.2) is 63.9 Å². The summed E-state index contributed by atoms with van der Waals surface area (Å²) < 4.78 is 5.07. The highest BCUT2D eigenvalue weighted by Crippen LogP contribution is 2.45. The van der Waals surface area contributed by atoms with Gasteiger partial charge in [-0.3, -0.25) is 14.4 Å². The highest BCUT2D eigenvalue weighted by atomic mass is 16.4. The maximum Gasteiger partial charge on any atom is 0.313 e. The summed E-state index contributed by atoms with van der Waals surface area (Å²) in [4.78, 5) is 44.0. The normalized spacial score (nSPS) is 29.0. The van der Waals surface area contributed by atoms with Crippen molar-refractivity contribution < 1.29 is 23.9 Å². The Morgan fingerprint density at radius 3 is 2.46 bits per heavy atom. The molecule has 2 aliphatic heterocycles. The van der Waals surface area contributed by atoms with Gasteiger partial charge in [0, 0.05) is 38.0 Å². The average molecular weight is 333 g/mol. The first kappa shape index (κ1) is 15.2. The number of carboxylic acid groups (broad SMARTS) is 1. The number of carbonyl (C=O) groups excluding carboxylic acids is 2. The molecule has 3 aliphatic rings. The van der Waals surface area contributed by atoms with Crippen LogP contribution in [0, 0.1) is 24.2 Å². The summed E-state index contributed by atoms with van der Waals surface area (Å²) >= 11 is 0. The van der Waals surface area contributed by atoms with E-state index in [1.807, 2.05) is 0 Å². The molecule has 0 bridgehead atoms. The molecule has 0 unspecified atom stereocenters. The zero-order valence-electron chi connectivity index (χ0n) is 13.4. The molecule has 0 spiro atoms. The van der Waals surface area contributed by atoms with Crippen LogP contribution in [0.1, 0.15) is 29.1 Å². The Labute approximate surface area is 138 Å². The van der Waals surface area contributed by atoms with Gasteiger partial charge in [0.1, 0.15) is 11.2 Å². The molecule has 0 aromatic carbocycles. The Bertz CT molecular complexity index is 725. The van der Waals surface area contributed by atoms with Gasteiger partial charge in [-0.05, 0) is 19.8 Å². The maximum atomic E-state index is 12.6. The Kier molecular flexibility index (Phi) is 3.20. The molecule has 2 saturated heterocycles. The average Bonchev–Trinajstić information content (AvgIpc) is 3.03. The van der Waals surface area contributed by atoms with Crippen LogP contribution in [0.25, 0.3) is 0 Å². The second kappa shape index (κ2) is 5.06. The van der Waals surface area contributed by atoms with E-state index >= 15 is 0 Å². The molecule has 8 nitrogen and oxygen atoms in total. The summed E-state index contributed by atoms with van der Waals surface area (Å²) in [7, 11) is 0. The van der Waals surface area contributed by atoms with Gasteiger partial charge < -0.3 is 19.3 Å². The summed E-state index contributed by atoms with van der Waals surface area (Å²) in [5.74, 6) is -0.927. The number of amides is 2. The molecule has 0 radical (unpaired) electrons. The van der Waals surface area contributed by atoms with Gasteiger partial charge in [0.15, 0.2) is 12.1 Å². The van der Waals surface area contributed by atoms with Crippen molar-refractivity contribution >= 4 is 17.8 Å². The minimum absolute atomic E-state index is 0.0650. The predicted octanol–water partition coefficient (Wildman–Crippen LogP) is 0.378. The zero-order chi connectivity index (χ0) is 17.1. The molecule has 3 fully saturated rings. The van der Waals surface area contributed by atoms with E-state index in [2.05, 4.69) is 4.98 Å². The Morgan fingerprint density at radius 1 is 1.25 bits per heavy atom. The van der Waals surface area contributed by atoms with E-state index in [1.165, 1.54) is 11.3 Å². The second-order valence-electron chi connectivity index (χ2n) is 7.09. The van der Waals surface area contributed by atoms with Gasteiger partial charge in [0.2, 0.25) is 5.91 Å². The summed E-state index contributed by atoms with van der Waals surface area (Å²) in [6.45, 7) is 2.67. The van der Waals surface area contributed by atoms with Crippen LogP contribution >= 0.6 is 0 Å². The van der Waals surface area contributed by atoms with E-state index in [4.69, 9.17) is 4.42 Å². The van der Waals surface area contributed by atoms with Gasteiger partial charge in [-0.1, -0.05) is 0 Å². The Morgan fingerprint density at radius 2 is 1.92 bits per heavy atom. The molecule has 3 heterocycles. The van der Waals surface area contributed by atoms with E-state index < -0.39 is 11.4 Å². The van der Waals surface area contributed by atoms with E-state index in [9.17, 15) is 19.5 Å². The quantitative estimate of drug-likeness (QED) is 0.857. The molecule has 2 atom stereocenters. The molecular weight excluding hydrogens is 314 g/mol. The number of carboxylic acids is 1. The lowest BCUT2D eigenvalue weighted by Crippen LogP contribution is -2.43. The van der Waals surface area contributed by atoms with Crippen LogP contribution in [0.4, 0.5) is 0 Å². The first-order valence-electron chi connectivity index (χ1n) is 8.14. The number of nitrogens with zero attached hydrogens (tertiary/aromatic N) is 3. The van der Waals surface area contributed by atoms with E-state index in [0.717, 1.165) is 12.8 Å². The van der Waals surface area contributed by atoms with Crippen molar-refractivity contribution in [1.29, 1.82) is 0 Å². The predicted molar refractivity (Wildman–Crippen MR) is 80.0 cm³/mol. The fourth-order valence-corrected chi connectivity index (χ4v) is 3.94. The fraction of sp³-hybridized carbons (Fsp3) is 0.625. The van der Waals surface area contributed by atoms with Crippen molar-refractivity contribution in [2.24, 2.45) is 17.3 Å². The van der Waals surface area contributed by atoms with Gasteiger partial charge in [0.25, 0.3) is 5.91 Å². The van der Waals surface area contributed by atoms with Crippen molar-refractivity contribution in [3.05, 3.63) is 17.8 Å². The summed E-state index contributed by atoms with van der Waals surface area (Å²) in [6, 6.07) is 0. The van der Waals surface area contributed by atoms with Crippen molar-refractivity contribution in [3.63, 3.8) is 0 Å². The highest BCUT2D eigenvalue weighted by molar-refractivity contribution is 5.94. The first-order valence-corrected chi connectivity index (χ1v) is 8.14. The number of hydrogen-bond acceptors (Lipinski definition) is 5. The molecule has 1 N–H and O–H groups in total. The van der Waals surface area contributed by atoms with Crippen LogP contribution < -0.4 is 0 Å². The van der Waals surface area contributed by atoms with E-state index in [-0.39, 0.29) is 42.4 Å². The molecule has 8 heteroatoms. The third kappa shape index (κ3) is 2.12. The van der Waals surface area contributed by atoms with Crippen molar-refractivity contribution in [2.75, 3.05) is 26.2 Å². The molecular formula is C16H19N3O5. The number of hydrogen-bond donors (Lipinski definition) is 1. The topological polar surface area (TPSA) is 104 Å². The molecule has 4 rings (SSSR count). The third-order valence-corrected chi connectivity index (χ3v) is 5.51. The standard InChI is InChI=1S/C16H19N3O5/c1-9-12(17-8-24-9)14(21)19-5-11-4-18(13(20)10-2-3-10)6-16(11,7-19)15(22)23/h8,10-11H,2-7H2,1H3,(H,22,23)/t11-,16-/m1/s1. The number of likely N-dealkylation sites (tertiary alicyclic amines) is 2. The van der Waals surface area contributed by atoms with Gasteiger partial charge in [-0.15, -0.1) is 0 Å². The van der Waals surface area contributed by atoms with Crippen molar-refractivity contribution in [2.45, 2.75) is 19.8 Å². The summed E-state index contributed by atoms with van der Waals surface area (Å²) in [5, 5.41) is 9.80. The van der Waals surface area contributed by atoms with Gasteiger partial charge in [-0.25, -0.2) is 4.98 Å². The summed E-state index contributed by atoms with van der Waals surface area (Å²) in [5.41, 5.74) is -0.848. The molecule has 1 aliphatic carbocycles. The number of aromatic nitrogens is 1. The molecule has 128 valence electrons. The highest BCUT2D eigenvalue weighted by Gasteiger charge is 2.60. The van der Waals surface area contributed by atoms with E-state index in [0.29, 0.717) is 18.8 Å². The maximum absolute atomic E-state index is 12.6. The summed E-state index contributed by atoms with van der Waals surface area (Å²) in [6.07, 6.45) is 3.01. The van der Waals surface area contributed by atoms with Gasteiger partial charge in [-0.2, -0.15) is 0 Å². The number of rotatable bonds is 3. The van der Waals surface area contributed by atoms with E-state index in [1.54, 1.807) is 11.8 Å². The third-order valence-electron chi connectivity index (χ3n) is 5.51. The van der Waals surface area contributed by atoms with Crippen molar-refractivity contribution in [3.8, 4) is 0 Å². The lowest BCUT2D eigenvalue weighted by Gasteiger charge is -2.25. The van der Waals surface area contributed by atoms with Gasteiger partial charge in [0.05, 0.1) is 0 Å². The lowest BCUT2D eigenvalue weighted by molar-refractivity contribution is -0.149.